The molecule has 6 nitrogen and oxygen atoms in total. The quantitative estimate of drug-likeness (QED) is 0.587. The monoisotopic (exact) mass is 435 g/mol. The van der Waals surface area contributed by atoms with Gasteiger partial charge in [-0.1, -0.05) is 24.3 Å². The van der Waals surface area contributed by atoms with Crippen LogP contribution in [0.4, 0.5) is 0 Å². The highest BCUT2D eigenvalue weighted by Crippen LogP contribution is 2.58. The molecule has 1 unspecified atom stereocenters. The summed E-state index contributed by atoms with van der Waals surface area (Å²) in [5.41, 5.74) is 2.29. The third kappa shape index (κ3) is 3.12. The molecule has 1 N–H and O–H groups in total. The molecule has 168 valence electrons. The number of esters is 1. The van der Waals surface area contributed by atoms with Crippen molar-refractivity contribution in [3.05, 3.63) is 71.0 Å². The summed E-state index contributed by atoms with van der Waals surface area (Å²) >= 11 is 0. The molecule has 0 saturated carbocycles. The maximum atomic E-state index is 13.0. The van der Waals surface area contributed by atoms with Crippen molar-refractivity contribution in [3.8, 4) is 11.5 Å². The molecule has 3 aliphatic rings. The summed E-state index contributed by atoms with van der Waals surface area (Å²) in [6.07, 6.45) is 3.61. The zero-order valence-electron chi connectivity index (χ0n) is 18.7. The van der Waals surface area contributed by atoms with Crippen LogP contribution < -0.4 is 9.47 Å². The SMILES string of the molecule is COC1=C[C@H]2[C@H]3Cc4ccc(OC)c(OC(=O)c5ccccc5)c4[C@@]2(CCN3C)CC1O. The summed E-state index contributed by atoms with van der Waals surface area (Å²) in [5.74, 6) is 1.38. The number of ether oxygens (including phenoxy) is 3. The minimum Gasteiger partial charge on any atom is -0.499 e. The number of rotatable bonds is 4. The highest BCUT2D eigenvalue weighted by molar-refractivity contribution is 5.91. The second-order valence-corrected chi connectivity index (χ2v) is 9.06. The fourth-order valence-corrected chi connectivity index (χ4v) is 6.01. The molecule has 32 heavy (non-hydrogen) atoms. The van der Waals surface area contributed by atoms with E-state index in [4.69, 9.17) is 14.2 Å². The number of hydrogen-bond donors (Lipinski definition) is 1. The summed E-state index contributed by atoms with van der Waals surface area (Å²) in [7, 11) is 5.36. The van der Waals surface area contributed by atoms with E-state index in [9.17, 15) is 9.90 Å². The van der Waals surface area contributed by atoms with Crippen molar-refractivity contribution in [2.45, 2.75) is 36.8 Å². The Hall–Kier alpha value is -2.83. The summed E-state index contributed by atoms with van der Waals surface area (Å²) in [6, 6.07) is 13.3. The van der Waals surface area contributed by atoms with Gasteiger partial charge >= 0.3 is 5.97 Å². The Balaban J connectivity index is 1.68. The van der Waals surface area contributed by atoms with Gasteiger partial charge in [-0.15, -0.1) is 0 Å². The number of carbonyl (C=O) groups is 1. The molecule has 2 aromatic rings. The van der Waals surface area contributed by atoms with Crippen molar-refractivity contribution in [3.63, 3.8) is 0 Å². The predicted octanol–water partition coefficient (Wildman–Crippen LogP) is 3.32. The molecule has 1 fully saturated rings. The number of carbonyl (C=O) groups excluding carboxylic acids is 1. The van der Waals surface area contributed by atoms with Crippen molar-refractivity contribution >= 4 is 5.97 Å². The average molecular weight is 436 g/mol. The van der Waals surface area contributed by atoms with Crippen molar-refractivity contribution in [2.24, 2.45) is 5.92 Å². The van der Waals surface area contributed by atoms with Crippen LogP contribution in [-0.4, -0.2) is 55.9 Å². The van der Waals surface area contributed by atoms with E-state index in [1.54, 1.807) is 26.4 Å². The van der Waals surface area contributed by atoms with E-state index in [1.807, 2.05) is 24.3 Å². The van der Waals surface area contributed by atoms with Gasteiger partial charge in [0.2, 0.25) is 0 Å². The minimum absolute atomic E-state index is 0.147. The molecule has 1 aliphatic heterocycles. The van der Waals surface area contributed by atoms with Gasteiger partial charge in [0.05, 0.1) is 19.8 Å². The normalized spacial score (nSPS) is 28.8. The van der Waals surface area contributed by atoms with Crippen LogP contribution in [0, 0.1) is 5.92 Å². The Bertz CT molecular complexity index is 1070. The number of benzene rings is 2. The Morgan fingerprint density at radius 3 is 2.62 bits per heavy atom. The molecule has 4 atom stereocenters. The molecule has 1 saturated heterocycles. The largest absolute Gasteiger partial charge is 0.499 e. The van der Waals surface area contributed by atoms with Crippen LogP contribution in [0.25, 0.3) is 0 Å². The maximum absolute atomic E-state index is 13.0. The lowest BCUT2D eigenvalue weighted by Gasteiger charge is -2.57. The molecule has 0 aromatic heterocycles. The molecule has 6 heteroatoms. The van der Waals surface area contributed by atoms with Gasteiger partial charge in [-0.05, 0) is 62.7 Å². The summed E-state index contributed by atoms with van der Waals surface area (Å²) in [6.45, 7) is 0.909. The third-order valence-corrected chi connectivity index (χ3v) is 7.55. The first-order valence-corrected chi connectivity index (χ1v) is 11.1. The average Bonchev–Trinajstić information content (AvgIpc) is 2.81. The van der Waals surface area contributed by atoms with E-state index in [-0.39, 0.29) is 11.3 Å². The first-order chi connectivity index (χ1) is 15.5. The molecule has 2 bridgehead atoms. The topological polar surface area (TPSA) is 68.2 Å². The standard InChI is InChI=1S/C26H29NO5/c1-27-12-11-26-15-20(28)22(31-3)14-18(26)19(27)13-17-9-10-21(30-2)24(23(17)26)32-25(29)16-7-5-4-6-8-16/h4-10,14,18-20,28H,11-13,15H2,1-3H3/t18-,19+,20?,26-/m0/s1. The van der Waals surface area contributed by atoms with Gasteiger partial charge in [-0.2, -0.15) is 0 Å². The van der Waals surface area contributed by atoms with Crippen LogP contribution >= 0.6 is 0 Å². The van der Waals surface area contributed by atoms with Crippen LogP contribution in [0.5, 0.6) is 11.5 Å². The fourth-order valence-electron chi connectivity index (χ4n) is 6.01. The van der Waals surface area contributed by atoms with E-state index in [1.165, 1.54) is 0 Å². The lowest BCUT2D eigenvalue weighted by molar-refractivity contribution is -0.00392. The van der Waals surface area contributed by atoms with Crippen molar-refractivity contribution in [1.82, 2.24) is 4.90 Å². The van der Waals surface area contributed by atoms with E-state index in [2.05, 4.69) is 24.1 Å². The summed E-state index contributed by atoms with van der Waals surface area (Å²) < 4.78 is 17.2. The van der Waals surface area contributed by atoms with E-state index in [0.29, 0.717) is 35.3 Å². The van der Waals surface area contributed by atoms with E-state index >= 15 is 0 Å². The van der Waals surface area contributed by atoms with Gasteiger partial charge < -0.3 is 24.2 Å². The van der Waals surface area contributed by atoms with Gasteiger partial charge in [-0.3, -0.25) is 0 Å². The van der Waals surface area contributed by atoms with Gasteiger partial charge in [0.15, 0.2) is 11.5 Å². The molecule has 1 heterocycles. The smallest absolute Gasteiger partial charge is 0.343 e. The number of hydrogen-bond acceptors (Lipinski definition) is 6. The van der Waals surface area contributed by atoms with Crippen LogP contribution in [0.1, 0.15) is 34.3 Å². The zero-order valence-corrected chi connectivity index (χ0v) is 18.7. The molecule has 0 spiro atoms. The van der Waals surface area contributed by atoms with Crippen LogP contribution in [-0.2, 0) is 16.6 Å². The first kappa shape index (κ1) is 21.0. The lowest BCUT2D eigenvalue weighted by atomic mass is 9.53. The second-order valence-electron chi connectivity index (χ2n) is 9.06. The zero-order chi connectivity index (χ0) is 22.5. The highest BCUT2D eigenvalue weighted by Gasteiger charge is 2.56. The molecule has 0 amide bonds. The Morgan fingerprint density at radius 1 is 1.12 bits per heavy atom. The van der Waals surface area contributed by atoms with Crippen molar-refractivity contribution in [2.75, 3.05) is 27.8 Å². The number of likely N-dealkylation sites (N-methyl/N-ethyl adjacent to an activating group) is 1. The predicted molar refractivity (Wildman–Crippen MR) is 120 cm³/mol. The fraction of sp³-hybridized carbons (Fsp3) is 0.423. The second kappa shape index (κ2) is 7.94. The highest BCUT2D eigenvalue weighted by atomic mass is 16.6. The molecule has 5 rings (SSSR count). The van der Waals surface area contributed by atoms with E-state index < -0.39 is 12.1 Å². The van der Waals surface area contributed by atoms with Crippen LogP contribution in [0.3, 0.4) is 0 Å². The molecule has 2 aromatic carbocycles. The Morgan fingerprint density at radius 2 is 1.91 bits per heavy atom. The number of aliphatic hydroxyl groups excluding tert-OH is 1. The minimum atomic E-state index is -0.699. The molecule has 0 radical (unpaired) electrons. The van der Waals surface area contributed by atoms with Gasteiger partial charge in [0.1, 0.15) is 11.9 Å². The van der Waals surface area contributed by atoms with Gasteiger partial charge in [-0.25, -0.2) is 4.79 Å². The first-order valence-electron chi connectivity index (χ1n) is 11.1. The number of aliphatic hydroxyl groups is 1. The Kier molecular flexibility index (Phi) is 5.22. The summed E-state index contributed by atoms with van der Waals surface area (Å²) in [4.78, 5) is 15.4. The van der Waals surface area contributed by atoms with Gasteiger partial charge in [0, 0.05) is 22.9 Å². The van der Waals surface area contributed by atoms with Crippen molar-refractivity contribution in [1.29, 1.82) is 0 Å². The van der Waals surface area contributed by atoms with Gasteiger partial charge in [0.25, 0.3) is 0 Å². The van der Waals surface area contributed by atoms with Crippen LogP contribution in [0.2, 0.25) is 0 Å². The number of fused-ring (bicyclic) bond motifs is 1. The lowest BCUT2D eigenvalue weighted by Crippen LogP contribution is -2.60. The third-order valence-electron chi connectivity index (χ3n) is 7.55. The number of methoxy groups -OCH3 is 2. The Labute approximate surface area is 188 Å². The number of nitrogens with zero attached hydrogens (tertiary/aromatic N) is 1. The number of likely N-dealkylation sites (tertiary alicyclic amines) is 1. The molecule has 2 aliphatic carbocycles. The van der Waals surface area contributed by atoms with Crippen molar-refractivity contribution < 1.29 is 24.1 Å². The van der Waals surface area contributed by atoms with Crippen LogP contribution in [0.15, 0.2) is 54.3 Å². The molecular weight excluding hydrogens is 406 g/mol. The maximum Gasteiger partial charge on any atom is 0.343 e. The molecular formula is C26H29NO5. The number of piperidine rings is 1. The van der Waals surface area contributed by atoms with E-state index in [0.717, 1.165) is 30.5 Å². The summed E-state index contributed by atoms with van der Waals surface area (Å²) in [5, 5.41) is 10.9.